The third kappa shape index (κ3) is 11.2. The van der Waals surface area contributed by atoms with Crippen molar-refractivity contribution < 1.29 is 0 Å². The lowest BCUT2D eigenvalue weighted by Crippen LogP contribution is -2.18. The van der Waals surface area contributed by atoms with Gasteiger partial charge in [0.1, 0.15) is 23.3 Å². The van der Waals surface area contributed by atoms with Gasteiger partial charge in [-0.3, -0.25) is 9.80 Å². The number of hydrogen-bond acceptors (Lipinski definition) is 5. The molecule has 0 radical (unpaired) electrons. The highest BCUT2D eigenvalue weighted by Gasteiger charge is 2.21. The van der Waals surface area contributed by atoms with Gasteiger partial charge in [-0.2, -0.15) is 0 Å². The van der Waals surface area contributed by atoms with Gasteiger partial charge in [-0.15, -0.1) is 0 Å². The fourth-order valence-corrected chi connectivity index (χ4v) is 6.86. The molecule has 0 bridgehead atoms. The first-order valence-electron chi connectivity index (χ1n) is 20.3. The molecule has 0 N–H and O–H groups in total. The summed E-state index contributed by atoms with van der Waals surface area (Å²) in [5.41, 5.74) is 7.09. The molecule has 5 heteroatoms. The van der Waals surface area contributed by atoms with Gasteiger partial charge in [0.25, 0.3) is 0 Å². The molecule has 0 unspecified atom stereocenters. The van der Waals surface area contributed by atoms with Crippen molar-refractivity contribution in [1.82, 2.24) is 15.0 Å². The Morgan fingerprint density at radius 2 is 0.712 bits per heavy atom. The van der Waals surface area contributed by atoms with E-state index in [2.05, 4.69) is 141 Å². The molecule has 5 rings (SSSR count). The van der Waals surface area contributed by atoms with Crippen LogP contribution in [0.3, 0.4) is 0 Å². The average molecular weight is 696 g/mol. The summed E-state index contributed by atoms with van der Waals surface area (Å²) in [6, 6.07) is 37.2. The molecule has 0 spiro atoms. The Bertz CT molecular complexity index is 1550. The van der Waals surface area contributed by atoms with Crippen LogP contribution in [-0.2, 0) is 25.7 Å². The molecule has 0 amide bonds. The van der Waals surface area contributed by atoms with Gasteiger partial charge >= 0.3 is 0 Å². The molecule has 0 aliphatic rings. The molecule has 0 atom stereocenters. The van der Waals surface area contributed by atoms with Gasteiger partial charge in [0.2, 0.25) is 0 Å². The molecule has 52 heavy (non-hydrogen) atoms. The van der Waals surface area contributed by atoms with Gasteiger partial charge in [0, 0.05) is 22.8 Å². The molecule has 5 aromatic rings. The molecule has 0 aliphatic heterocycles. The summed E-state index contributed by atoms with van der Waals surface area (Å²) >= 11 is 0. The average Bonchev–Trinajstić information content (AvgIpc) is 3.17. The van der Waals surface area contributed by atoms with Crippen LogP contribution in [0.5, 0.6) is 0 Å². The number of aryl methyl sites for hydroxylation is 4. The lowest BCUT2D eigenvalue weighted by Gasteiger charge is -2.28. The van der Waals surface area contributed by atoms with Crippen molar-refractivity contribution in [2.75, 3.05) is 9.80 Å². The van der Waals surface area contributed by atoms with Crippen molar-refractivity contribution in [2.24, 2.45) is 0 Å². The molecule has 0 saturated carbocycles. The zero-order valence-electron chi connectivity index (χ0n) is 32.4. The normalized spacial score (nSPS) is 11.2. The van der Waals surface area contributed by atoms with E-state index in [1.807, 2.05) is 0 Å². The molecule has 0 saturated heterocycles. The maximum atomic E-state index is 5.47. The van der Waals surface area contributed by atoms with Gasteiger partial charge in [0.15, 0.2) is 0 Å². The van der Waals surface area contributed by atoms with Crippen molar-refractivity contribution in [3.63, 3.8) is 0 Å². The fourth-order valence-electron chi connectivity index (χ4n) is 6.86. The lowest BCUT2D eigenvalue weighted by molar-refractivity contribution is 0.707. The Labute approximate surface area is 314 Å². The Hall–Kier alpha value is -4.51. The Kier molecular flexibility index (Phi) is 15.7. The van der Waals surface area contributed by atoms with E-state index in [-0.39, 0.29) is 0 Å². The first kappa shape index (κ1) is 38.7. The smallest absolute Gasteiger partial charge is 0.141 e. The van der Waals surface area contributed by atoms with E-state index in [9.17, 15) is 0 Å². The minimum absolute atomic E-state index is 0.838. The predicted octanol–water partition coefficient (Wildman–Crippen LogP) is 13.7. The van der Waals surface area contributed by atoms with Crippen LogP contribution in [0.15, 0.2) is 103 Å². The number of rotatable bonds is 22. The molecule has 2 aromatic carbocycles. The molecule has 274 valence electrons. The highest BCUT2D eigenvalue weighted by atomic mass is 15.3. The quantitative estimate of drug-likeness (QED) is 0.0674. The van der Waals surface area contributed by atoms with Crippen LogP contribution in [-0.4, -0.2) is 15.0 Å². The maximum Gasteiger partial charge on any atom is 0.141 e. The van der Waals surface area contributed by atoms with Crippen molar-refractivity contribution in [2.45, 2.75) is 130 Å². The SMILES string of the molecule is CCCCCc1cccc(N(c2cccc(CCCCC)n2)c2cccc(N(c3cccc(CCCCC)c3)c3cccc(CCCCC)n3)n2)c1. The molecule has 3 heterocycles. The Morgan fingerprint density at radius 1 is 0.365 bits per heavy atom. The zero-order valence-corrected chi connectivity index (χ0v) is 32.4. The monoisotopic (exact) mass is 695 g/mol. The van der Waals surface area contributed by atoms with E-state index < -0.39 is 0 Å². The number of nitrogens with zero attached hydrogens (tertiary/aromatic N) is 5. The second-order valence-electron chi connectivity index (χ2n) is 14.2. The number of hydrogen-bond donors (Lipinski definition) is 0. The highest BCUT2D eigenvalue weighted by molar-refractivity contribution is 5.77. The van der Waals surface area contributed by atoms with Crippen LogP contribution in [0.25, 0.3) is 0 Å². The minimum atomic E-state index is 0.838. The van der Waals surface area contributed by atoms with Crippen LogP contribution in [0.2, 0.25) is 0 Å². The van der Waals surface area contributed by atoms with E-state index >= 15 is 0 Å². The zero-order chi connectivity index (χ0) is 36.4. The molecular formula is C47H61N5. The number of unbranched alkanes of at least 4 members (excludes halogenated alkanes) is 8. The molecule has 3 aromatic heterocycles. The summed E-state index contributed by atoms with van der Waals surface area (Å²) in [4.78, 5) is 20.4. The second kappa shape index (κ2) is 21.1. The second-order valence-corrected chi connectivity index (χ2v) is 14.2. The van der Waals surface area contributed by atoms with E-state index in [4.69, 9.17) is 15.0 Å². The summed E-state index contributed by atoms with van der Waals surface area (Å²) in [5.74, 6) is 3.46. The number of anilines is 6. The van der Waals surface area contributed by atoms with Gasteiger partial charge < -0.3 is 0 Å². The summed E-state index contributed by atoms with van der Waals surface area (Å²) in [6.07, 6.45) is 18.5. The summed E-state index contributed by atoms with van der Waals surface area (Å²) < 4.78 is 0. The predicted molar refractivity (Wildman–Crippen MR) is 222 cm³/mol. The summed E-state index contributed by atoms with van der Waals surface area (Å²) in [5, 5.41) is 0. The molecule has 5 nitrogen and oxygen atoms in total. The number of benzene rings is 2. The van der Waals surface area contributed by atoms with Crippen molar-refractivity contribution in [1.29, 1.82) is 0 Å². The number of aromatic nitrogens is 3. The fraction of sp³-hybridized carbons (Fsp3) is 0.426. The van der Waals surface area contributed by atoms with Crippen LogP contribution in [0, 0.1) is 0 Å². The van der Waals surface area contributed by atoms with Crippen molar-refractivity contribution in [3.8, 4) is 0 Å². The van der Waals surface area contributed by atoms with Gasteiger partial charge in [-0.25, -0.2) is 15.0 Å². The third-order valence-electron chi connectivity index (χ3n) is 9.77. The standard InChI is InChI=1S/C47H61N5/c1-5-9-13-22-38-24-17-30-42(36-38)51(44-32-19-28-40(48-44)26-15-11-7-3)46-34-21-35-47(50-46)52(43-31-18-25-39(37-43)23-14-10-6-2)45-33-20-29-41(49-45)27-16-12-8-4/h17-21,24-25,28-37H,5-16,22-23,26-27H2,1-4H3. The maximum absolute atomic E-state index is 5.47. The molecular weight excluding hydrogens is 635 g/mol. The summed E-state index contributed by atoms with van der Waals surface area (Å²) in [6.45, 7) is 9.03. The van der Waals surface area contributed by atoms with Crippen molar-refractivity contribution >= 4 is 34.6 Å². The van der Waals surface area contributed by atoms with Crippen LogP contribution < -0.4 is 9.80 Å². The first-order chi connectivity index (χ1) is 25.6. The first-order valence-corrected chi connectivity index (χ1v) is 20.3. The van der Waals surface area contributed by atoms with Crippen LogP contribution in [0.4, 0.5) is 34.6 Å². The number of pyridine rings is 3. The van der Waals surface area contributed by atoms with Crippen molar-refractivity contribution in [3.05, 3.63) is 126 Å². The van der Waals surface area contributed by atoms with Gasteiger partial charge in [0.05, 0.1) is 0 Å². The third-order valence-corrected chi connectivity index (χ3v) is 9.77. The van der Waals surface area contributed by atoms with E-state index in [0.717, 1.165) is 84.6 Å². The minimum Gasteiger partial charge on any atom is -0.279 e. The van der Waals surface area contributed by atoms with Gasteiger partial charge in [-0.1, -0.05) is 122 Å². The lowest BCUT2D eigenvalue weighted by atomic mass is 10.1. The van der Waals surface area contributed by atoms with E-state index in [1.54, 1.807) is 0 Å². The van der Waals surface area contributed by atoms with E-state index in [1.165, 1.54) is 75.3 Å². The van der Waals surface area contributed by atoms with Crippen LogP contribution in [0.1, 0.15) is 127 Å². The molecule has 0 aliphatic carbocycles. The molecule has 0 fully saturated rings. The Morgan fingerprint density at radius 3 is 1.12 bits per heavy atom. The summed E-state index contributed by atoms with van der Waals surface area (Å²) in [7, 11) is 0. The van der Waals surface area contributed by atoms with E-state index in [0.29, 0.717) is 0 Å². The highest BCUT2D eigenvalue weighted by Crippen LogP contribution is 2.38. The van der Waals surface area contributed by atoms with Crippen LogP contribution >= 0.6 is 0 Å². The topological polar surface area (TPSA) is 45.2 Å². The largest absolute Gasteiger partial charge is 0.279 e. The van der Waals surface area contributed by atoms with Gasteiger partial charge in [-0.05, 0) is 123 Å². The Balaban J connectivity index is 1.61.